The third-order valence-corrected chi connectivity index (χ3v) is 6.47. The molecule has 5 heteroatoms. The van der Waals surface area contributed by atoms with Gasteiger partial charge in [0.15, 0.2) is 5.76 Å². The van der Waals surface area contributed by atoms with Gasteiger partial charge in [0.2, 0.25) is 5.91 Å². The lowest BCUT2D eigenvalue weighted by Crippen LogP contribution is -2.31. The minimum Gasteiger partial charge on any atom is -0.454 e. The van der Waals surface area contributed by atoms with E-state index in [2.05, 4.69) is 17.5 Å². The lowest BCUT2D eigenvalue weighted by atomic mass is 10.0. The van der Waals surface area contributed by atoms with Gasteiger partial charge in [0, 0.05) is 30.3 Å². The zero-order valence-corrected chi connectivity index (χ0v) is 15.3. The number of allylic oxidation sites excluding steroid dienone is 3. The Kier molecular flexibility index (Phi) is 3.25. The van der Waals surface area contributed by atoms with Crippen LogP contribution in [0.5, 0.6) is 0 Å². The number of benzene rings is 1. The highest BCUT2D eigenvalue weighted by molar-refractivity contribution is 6.00. The quantitative estimate of drug-likeness (QED) is 0.875. The first-order valence-electron chi connectivity index (χ1n) is 9.89. The molecule has 1 saturated carbocycles. The molecule has 0 radical (unpaired) electrons. The van der Waals surface area contributed by atoms with Gasteiger partial charge in [0.1, 0.15) is 5.76 Å². The van der Waals surface area contributed by atoms with Gasteiger partial charge in [0.25, 0.3) is 5.91 Å². The van der Waals surface area contributed by atoms with Gasteiger partial charge in [-0.1, -0.05) is 36.4 Å². The Morgan fingerprint density at radius 3 is 2.86 bits per heavy atom. The molecular weight excluding hydrogens is 352 g/mol. The molecule has 4 aliphatic rings. The van der Waals surface area contributed by atoms with Crippen LogP contribution in [0.25, 0.3) is 6.08 Å². The van der Waals surface area contributed by atoms with Gasteiger partial charge in [-0.25, -0.2) is 0 Å². The van der Waals surface area contributed by atoms with Crippen LogP contribution in [0.4, 0.5) is 5.69 Å². The molecule has 2 heterocycles. The highest BCUT2D eigenvalue weighted by Gasteiger charge is 2.60. The number of carbonyl (C=O) groups is 2. The summed E-state index contributed by atoms with van der Waals surface area (Å²) in [5, 5.41) is 2.96. The molecule has 0 spiro atoms. The summed E-state index contributed by atoms with van der Waals surface area (Å²) in [5.74, 6) is 2.51. The lowest BCUT2D eigenvalue weighted by Gasteiger charge is -2.20. The topological polar surface area (TPSA) is 62.6 Å². The predicted octanol–water partition coefficient (Wildman–Crippen LogP) is 3.36. The van der Waals surface area contributed by atoms with Crippen LogP contribution in [-0.4, -0.2) is 24.9 Å². The van der Waals surface area contributed by atoms with Crippen molar-refractivity contribution < 1.29 is 14.0 Å². The summed E-state index contributed by atoms with van der Waals surface area (Å²) in [6, 6.07) is 11.7. The number of hydrogen-bond donors (Lipinski definition) is 1. The SMILES string of the molecule is O=C(NCC[C@@H]1[C@H]2CN(c3ccccc3)C(=O)[C@@H]12)c1cc2c(o1)C1C=C1C=C2. The molecule has 0 bridgehead atoms. The zero-order valence-electron chi connectivity index (χ0n) is 15.3. The fraction of sp³-hybridized carbons (Fsp3) is 0.304. The molecule has 28 heavy (non-hydrogen) atoms. The predicted molar refractivity (Wildman–Crippen MR) is 105 cm³/mol. The third-order valence-electron chi connectivity index (χ3n) is 6.47. The number of furan rings is 1. The minimum absolute atomic E-state index is 0.123. The molecule has 2 fully saturated rings. The van der Waals surface area contributed by atoms with Crippen molar-refractivity contribution in [3.8, 4) is 0 Å². The molecule has 2 amide bonds. The van der Waals surface area contributed by atoms with Crippen LogP contribution in [0.1, 0.15) is 34.2 Å². The van der Waals surface area contributed by atoms with Crippen molar-refractivity contribution in [3.05, 3.63) is 71.2 Å². The molecule has 1 aromatic carbocycles. The van der Waals surface area contributed by atoms with Crippen molar-refractivity contribution in [3.63, 3.8) is 0 Å². The van der Waals surface area contributed by atoms with Crippen LogP contribution in [-0.2, 0) is 4.79 Å². The van der Waals surface area contributed by atoms with E-state index < -0.39 is 0 Å². The maximum atomic E-state index is 12.6. The summed E-state index contributed by atoms with van der Waals surface area (Å²) in [6.07, 6.45) is 7.05. The van der Waals surface area contributed by atoms with E-state index in [1.165, 1.54) is 5.57 Å². The molecule has 4 atom stereocenters. The van der Waals surface area contributed by atoms with Gasteiger partial charge in [-0.3, -0.25) is 9.59 Å². The number of amides is 2. The van der Waals surface area contributed by atoms with Gasteiger partial charge in [-0.2, -0.15) is 0 Å². The first-order valence-corrected chi connectivity index (χ1v) is 9.89. The molecular formula is C23H20N2O3. The number of carbonyl (C=O) groups excluding carboxylic acids is 2. The van der Waals surface area contributed by atoms with Crippen molar-refractivity contribution in [1.82, 2.24) is 5.32 Å². The lowest BCUT2D eigenvalue weighted by molar-refractivity contribution is -0.119. The summed E-state index contributed by atoms with van der Waals surface area (Å²) in [4.78, 5) is 26.9. The third kappa shape index (κ3) is 2.39. The number of fused-ring (bicyclic) bond motifs is 4. The number of rotatable bonds is 5. The summed E-state index contributed by atoms with van der Waals surface area (Å²) in [5.41, 5.74) is 3.25. The van der Waals surface area contributed by atoms with E-state index in [0.29, 0.717) is 24.1 Å². The maximum Gasteiger partial charge on any atom is 0.287 e. The van der Waals surface area contributed by atoms with Gasteiger partial charge in [-0.05, 0) is 42.0 Å². The van der Waals surface area contributed by atoms with Crippen molar-refractivity contribution >= 4 is 23.6 Å². The van der Waals surface area contributed by atoms with Crippen molar-refractivity contribution in [2.45, 2.75) is 12.3 Å². The Morgan fingerprint density at radius 2 is 2.07 bits per heavy atom. The van der Waals surface area contributed by atoms with Crippen LogP contribution >= 0.6 is 0 Å². The average molecular weight is 372 g/mol. The molecule has 3 aliphatic carbocycles. The number of nitrogens with zero attached hydrogens (tertiary/aromatic N) is 1. The highest BCUT2D eigenvalue weighted by Crippen LogP contribution is 2.55. The maximum absolute atomic E-state index is 12.6. The van der Waals surface area contributed by atoms with E-state index in [0.717, 1.165) is 30.0 Å². The van der Waals surface area contributed by atoms with Gasteiger partial charge in [-0.15, -0.1) is 0 Å². The molecule has 1 unspecified atom stereocenters. The van der Waals surface area contributed by atoms with Crippen molar-refractivity contribution in [2.75, 3.05) is 18.0 Å². The summed E-state index contributed by atoms with van der Waals surface area (Å²) < 4.78 is 5.77. The summed E-state index contributed by atoms with van der Waals surface area (Å²) in [6.45, 7) is 1.36. The van der Waals surface area contributed by atoms with Crippen molar-refractivity contribution in [1.29, 1.82) is 0 Å². The van der Waals surface area contributed by atoms with E-state index in [1.807, 2.05) is 47.4 Å². The number of piperidine rings is 1. The van der Waals surface area contributed by atoms with Gasteiger partial charge >= 0.3 is 0 Å². The summed E-state index contributed by atoms with van der Waals surface area (Å²) in [7, 11) is 0. The van der Waals surface area contributed by atoms with Crippen LogP contribution in [0.3, 0.4) is 0 Å². The van der Waals surface area contributed by atoms with Crippen LogP contribution in [0.2, 0.25) is 0 Å². The van der Waals surface area contributed by atoms with Gasteiger partial charge in [0.05, 0.1) is 5.92 Å². The first kappa shape index (κ1) is 15.9. The van der Waals surface area contributed by atoms with Gasteiger partial charge < -0.3 is 14.6 Å². The second-order valence-corrected chi connectivity index (χ2v) is 8.09. The largest absolute Gasteiger partial charge is 0.454 e. The highest BCUT2D eigenvalue weighted by atomic mass is 16.4. The molecule has 2 aromatic rings. The molecule has 5 nitrogen and oxygen atoms in total. The van der Waals surface area contributed by atoms with E-state index >= 15 is 0 Å². The number of hydrogen-bond acceptors (Lipinski definition) is 3. The molecule has 6 rings (SSSR count). The molecule has 1 aromatic heterocycles. The molecule has 140 valence electrons. The second kappa shape index (κ2) is 5.71. The Balaban J connectivity index is 1.02. The van der Waals surface area contributed by atoms with E-state index in [-0.39, 0.29) is 23.7 Å². The normalized spacial score (nSPS) is 28.4. The Bertz CT molecular complexity index is 1050. The second-order valence-electron chi connectivity index (χ2n) is 8.09. The van der Waals surface area contributed by atoms with Crippen LogP contribution < -0.4 is 10.2 Å². The molecule has 1 aliphatic heterocycles. The fourth-order valence-corrected chi connectivity index (χ4v) is 4.84. The van der Waals surface area contributed by atoms with Crippen molar-refractivity contribution in [2.24, 2.45) is 17.8 Å². The number of nitrogens with one attached hydrogen (secondary N) is 1. The first-order chi connectivity index (χ1) is 13.7. The smallest absolute Gasteiger partial charge is 0.287 e. The minimum atomic E-state index is -0.173. The fourth-order valence-electron chi connectivity index (χ4n) is 4.84. The molecule has 1 N–H and O–H groups in total. The van der Waals surface area contributed by atoms with E-state index in [4.69, 9.17) is 4.42 Å². The summed E-state index contributed by atoms with van der Waals surface area (Å²) >= 11 is 0. The zero-order chi connectivity index (χ0) is 18.8. The van der Waals surface area contributed by atoms with Crippen LogP contribution in [0.15, 0.2) is 58.5 Å². The Hall–Kier alpha value is -3.08. The van der Waals surface area contributed by atoms with Crippen LogP contribution in [0, 0.1) is 17.8 Å². The molecule has 1 saturated heterocycles. The Labute approximate surface area is 162 Å². The Morgan fingerprint density at radius 1 is 1.21 bits per heavy atom. The van der Waals surface area contributed by atoms with E-state index in [1.54, 1.807) is 0 Å². The monoisotopic (exact) mass is 372 g/mol. The number of anilines is 1. The standard InChI is InChI=1S/C23H20N2O3/c26-22(19-11-14-7-6-13-10-17(13)21(14)28-19)24-9-8-16-18-12-25(23(27)20(16)18)15-4-2-1-3-5-15/h1-7,10-11,16-18,20H,8-9,12H2,(H,24,26)/t16-,17?,18-,20+/m1/s1. The average Bonchev–Trinajstić information content (AvgIpc) is 3.56. The number of para-hydroxylation sites is 1. The van der Waals surface area contributed by atoms with E-state index in [9.17, 15) is 9.59 Å².